The lowest BCUT2D eigenvalue weighted by Gasteiger charge is -2.22. The van der Waals surface area contributed by atoms with Gasteiger partial charge < -0.3 is 4.74 Å². The minimum absolute atomic E-state index is 0.346. The van der Waals surface area contributed by atoms with Gasteiger partial charge in [-0.2, -0.15) is 0 Å². The molecule has 3 rings (SSSR count). The van der Waals surface area contributed by atoms with Crippen LogP contribution in [0.15, 0.2) is 18.2 Å². The molecule has 1 saturated heterocycles. The molecular formula is C11H12IN3O. The van der Waals surface area contributed by atoms with Crippen LogP contribution in [0, 0.1) is 3.57 Å². The van der Waals surface area contributed by atoms with Crippen LogP contribution in [-0.2, 0) is 4.74 Å². The predicted molar refractivity (Wildman–Crippen MR) is 69.3 cm³/mol. The van der Waals surface area contributed by atoms with Gasteiger partial charge in [0.25, 0.3) is 0 Å². The van der Waals surface area contributed by atoms with Crippen LogP contribution >= 0.6 is 22.6 Å². The van der Waals surface area contributed by atoms with Crippen molar-refractivity contribution in [2.24, 2.45) is 0 Å². The molecule has 0 bridgehead atoms. The molecule has 1 atom stereocenters. The van der Waals surface area contributed by atoms with E-state index in [0.29, 0.717) is 6.04 Å². The first-order chi connectivity index (χ1) is 7.84. The number of halogens is 1. The van der Waals surface area contributed by atoms with E-state index in [0.717, 1.165) is 37.1 Å². The van der Waals surface area contributed by atoms with Crippen LogP contribution in [0.2, 0.25) is 0 Å². The summed E-state index contributed by atoms with van der Waals surface area (Å²) in [5, 5.41) is 8.45. The number of rotatable bonds is 1. The fourth-order valence-corrected chi connectivity index (χ4v) is 2.58. The highest BCUT2D eigenvalue weighted by molar-refractivity contribution is 14.1. The van der Waals surface area contributed by atoms with Crippen molar-refractivity contribution in [2.45, 2.75) is 18.9 Å². The van der Waals surface area contributed by atoms with E-state index in [2.05, 4.69) is 51.1 Å². The standard InChI is InChI=1S/C11H12IN3O/c12-8-3-4-11-10(6-8)13-14-15(11)9-2-1-5-16-7-9/h3-4,6,9H,1-2,5,7H2. The quantitative estimate of drug-likeness (QED) is 0.755. The molecule has 4 nitrogen and oxygen atoms in total. The van der Waals surface area contributed by atoms with Gasteiger partial charge in [0.1, 0.15) is 5.52 Å². The van der Waals surface area contributed by atoms with E-state index in [4.69, 9.17) is 4.74 Å². The number of aromatic nitrogens is 3. The molecule has 5 heteroatoms. The third-order valence-electron chi connectivity index (χ3n) is 2.92. The molecule has 0 saturated carbocycles. The van der Waals surface area contributed by atoms with Crippen LogP contribution < -0.4 is 0 Å². The summed E-state index contributed by atoms with van der Waals surface area (Å²) in [6.45, 7) is 1.63. The van der Waals surface area contributed by atoms with Gasteiger partial charge in [-0.15, -0.1) is 5.10 Å². The maximum Gasteiger partial charge on any atom is 0.114 e. The van der Waals surface area contributed by atoms with Gasteiger partial charge in [0.05, 0.1) is 18.2 Å². The zero-order chi connectivity index (χ0) is 11.0. The Hall–Kier alpha value is -0.690. The molecule has 0 spiro atoms. The van der Waals surface area contributed by atoms with Gasteiger partial charge in [-0.05, 0) is 53.6 Å². The molecule has 0 amide bonds. The lowest BCUT2D eigenvalue weighted by atomic mass is 10.1. The molecule has 2 heterocycles. The molecule has 1 aliphatic heterocycles. The molecule has 0 N–H and O–H groups in total. The molecule has 1 aromatic carbocycles. The fraction of sp³-hybridized carbons (Fsp3) is 0.455. The van der Waals surface area contributed by atoms with Gasteiger partial charge in [0.15, 0.2) is 0 Å². The Balaban J connectivity index is 2.03. The topological polar surface area (TPSA) is 39.9 Å². The van der Waals surface area contributed by atoms with E-state index >= 15 is 0 Å². The number of nitrogens with zero attached hydrogens (tertiary/aromatic N) is 3. The summed E-state index contributed by atoms with van der Waals surface area (Å²) in [5.41, 5.74) is 2.08. The molecule has 1 unspecified atom stereocenters. The van der Waals surface area contributed by atoms with E-state index < -0.39 is 0 Å². The molecular weight excluding hydrogens is 317 g/mol. The van der Waals surface area contributed by atoms with E-state index in [1.165, 1.54) is 3.57 Å². The van der Waals surface area contributed by atoms with Gasteiger partial charge in [-0.1, -0.05) is 5.21 Å². The second-order valence-electron chi connectivity index (χ2n) is 4.04. The van der Waals surface area contributed by atoms with E-state index in [1.807, 2.05) is 4.68 Å². The van der Waals surface area contributed by atoms with Crippen molar-refractivity contribution < 1.29 is 4.74 Å². The number of benzene rings is 1. The maximum absolute atomic E-state index is 5.49. The maximum atomic E-state index is 5.49. The first-order valence-corrected chi connectivity index (χ1v) is 6.51. The minimum Gasteiger partial charge on any atom is -0.379 e. The highest BCUT2D eigenvalue weighted by Crippen LogP contribution is 2.23. The van der Waals surface area contributed by atoms with E-state index in [9.17, 15) is 0 Å². The van der Waals surface area contributed by atoms with Gasteiger partial charge in [-0.25, -0.2) is 4.68 Å². The Kier molecular flexibility index (Phi) is 2.81. The molecule has 0 radical (unpaired) electrons. The van der Waals surface area contributed by atoms with Crippen LogP contribution in [0.4, 0.5) is 0 Å². The Morgan fingerprint density at radius 3 is 3.19 bits per heavy atom. The summed E-state index contributed by atoms with van der Waals surface area (Å²) >= 11 is 2.29. The molecule has 16 heavy (non-hydrogen) atoms. The summed E-state index contributed by atoms with van der Waals surface area (Å²) in [7, 11) is 0. The summed E-state index contributed by atoms with van der Waals surface area (Å²) in [5.74, 6) is 0. The lowest BCUT2D eigenvalue weighted by molar-refractivity contribution is 0.0558. The first-order valence-electron chi connectivity index (χ1n) is 5.43. The summed E-state index contributed by atoms with van der Waals surface area (Å²) in [6.07, 6.45) is 2.24. The molecule has 0 aliphatic carbocycles. The largest absolute Gasteiger partial charge is 0.379 e. The van der Waals surface area contributed by atoms with Crippen molar-refractivity contribution in [1.82, 2.24) is 15.0 Å². The Morgan fingerprint density at radius 2 is 2.38 bits per heavy atom. The smallest absolute Gasteiger partial charge is 0.114 e. The second kappa shape index (κ2) is 4.29. The second-order valence-corrected chi connectivity index (χ2v) is 5.28. The Morgan fingerprint density at radius 1 is 1.44 bits per heavy atom. The Bertz CT molecular complexity index is 505. The summed E-state index contributed by atoms with van der Waals surface area (Å²) < 4.78 is 8.68. The van der Waals surface area contributed by atoms with Crippen LogP contribution in [0.5, 0.6) is 0 Å². The van der Waals surface area contributed by atoms with Crippen LogP contribution in [0.3, 0.4) is 0 Å². The predicted octanol–water partition coefficient (Wildman–Crippen LogP) is 2.39. The van der Waals surface area contributed by atoms with Crippen molar-refractivity contribution in [1.29, 1.82) is 0 Å². The van der Waals surface area contributed by atoms with Crippen molar-refractivity contribution in [3.63, 3.8) is 0 Å². The van der Waals surface area contributed by atoms with Crippen LogP contribution in [-0.4, -0.2) is 28.2 Å². The van der Waals surface area contributed by atoms with Crippen LogP contribution in [0.1, 0.15) is 18.9 Å². The molecule has 1 aromatic heterocycles. The van der Waals surface area contributed by atoms with Crippen molar-refractivity contribution in [3.05, 3.63) is 21.8 Å². The van der Waals surface area contributed by atoms with Gasteiger partial charge in [0, 0.05) is 10.2 Å². The minimum atomic E-state index is 0.346. The molecule has 84 valence electrons. The molecule has 1 fully saturated rings. The highest BCUT2D eigenvalue weighted by Gasteiger charge is 2.18. The van der Waals surface area contributed by atoms with E-state index in [-0.39, 0.29) is 0 Å². The lowest BCUT2D eigenvalue weighted by Crippen LogP contribution is -2.22. The van der Waals surface area contributed by atoms with Gasteiger partial charge >= 0.3 is 0 Å². The normalized spacial score (nSPS) is 21.4. The summed E-state index contributed by atoms with van der Waals surface area (Å²) in [6, 6.07) is 6.58. The average Bonchev–Trinajstić information content (AvgIpc) is 2.73. The highest BCUT2D eigenvalue weighted by atomic mass is 127. The van der Waals surface area contributed by atoms with Gasteiger partial charge in [-0.3, -0.25) is 0 Å². The van der Waals surface area contributed by atoms with Crippen molar-refractivity contribution >= 4 is 33.6 Å². The fourth-order valence-electron chi connectivity index (χ4n) is 2.10. The number of hydrogen-bond acceptors (Lipinski definition) is 3. The van der Waals surface area contributed by atoms with Gasteiger partial charge in [0.2, 0.25) is 0 Å². The summed E-state index contributed by atoms with van der Waals surface area (Å²) in [4.78, 5) is 0. The Labute approximate surface area is 107 Å². The zero-order valence-corrected chi connectivity index (χ0v) is 10.9. The van der Waals surface area contributed by atoms with Crippen molar-refractivity contribution in [2.75, 3.05) is 13.2 Å². The monoisotopic (exact) mass is 329 g/mol. The SMILES string of the molecule is Ic1ccc2c(c1)nnn2C1CCCOC1. The third-order valence-corrected chi connectivity index (χ3v) is 3.59. The average molecular weight is 329 g/mol. The zero-order valence-electron chi connectivity index (χ0n) is 8.77. The van der Waals surface area contributed by atoms with Crippen LogP contribution in [0.25, 0.3) is 11.0 Å². The number of ether oxygens (including phenoxy) is 1. The number of fused-ring (bicyclic) bond motifs is 1. The number of hydrogen-bond donors (Lipinski definition) is 0. The first kappa shape index (κ1) is 10.5. The third kappa shape index (κ3) is 1.82. The molecule has 2 aromatic rings. The molecule has 1 aliphatic rings. The van der Waals surface area contributed by atoms with Crippen molar-refractivity contribution in [3.8, 4) is 0 Å². The van der Waals surface area contributed by atoms with E-state index in [1.54, 1.807) is 0 Å².